The zero-order valence-corrected chi connectivity index (χ0v) is 19.3. The lowest BCUT2D eigenvalue weighted by Gasteiger charge is -2.21. The molecule has 1 N–H and O–H groups in total. The van der Waals surface area contributed by atoms with Gasteiger partial charge in [0.15, 0.2) is 0 Å². The van der Waals surface area contributed by atoms with Crippen molar-refractivity contribution in [3.63, 3.8) is 0 Å². The number of rotatable bonds is 9. The van der Waals surface area contributed by atoms with E-state index >= 15 is 0 Å². The number of aryl methyl sites for hydroxylation is 1. The van der Waals surface area contributed by atoms with Crippen molar-refractivity contribution in [2.45, 2.75) is 30.7 Å². The van der Waals surface area contributed by atoms with Gasteiger partial charge in [0.25, 0.3) is 15.9 Å². The molecule has 0 aromatic heterocycles. The molecule has 1 amide bonds. The first-order valence-electron chi connectivity index (χ1n) is 10.4. The molecule has 0 saturated heterocycles. The molecule has 0 spiro atoms. The molecule has 7 heteroatoms. The number of sulfonamides is 1. The smallest absolute Gasteiger partial charge is 0.264 e. The maximum Gasteiger partial charge on any atom is 0.264 e. The second-order valence-electron chi connectivity index (χ2n) is 7.57. The summed E-state index contributed by atoms with van der Waals surface area (Å²) in [5.41, 5.74) is 2.07. The van der Waals surface area contributed by atoms with E-state index in [0.29, 0.717) is 17.0 Å². The van der Waals surface area contributed by atoms with E-state index in [2.05, 4.69) is 17.4 Å². The largest absolute Gasteiger partial charge is 0.495 e. The van der Waals surface area contributed by atoms with Crippen LogP contribution >= 0.6 is 0 Å². The highest BCUT2D eigenvalue weighted by atomic mass is 32.2. The summed E-state index contributed by atoms with van der Waals surface area (Å²) >= 11 is 0. The fourth-order valence-electron chi connectivity index (χ4n) is 3.36. The highest BCUT2D eigenvalue weighted by Gasteiger charge is 2.24. The number of hydrogen-bond acceptors (Lipinski definition) is 4. The minimum atomic E-state index is -3.81. The highest BCUT2D eigenvalue weighted by Crippen LogP contribution is 2.30. The SMILES string of the molecule is COc1ccccc1N(C)S(=O)(=O)c1ccc(C(=O)N[C@@H](C)CCc2ccccc2)cc1. The van der Waals surface area contributed by atoms with Crippen LogP contribution < -0.4 is 14.4 Å². The van der Waals surface area contributed by atoms with Gasteiger partial charge in [0, 0.05) is 18.7 Å². The Hall–Kier alpha value is -3.32. The van der Waals surface area contributed by atoms with Gasteiger partial charge in [-0.15, -0.1) is 0 Å². The van der Waals surface area contributed by atoms with E-state index in [1.807, 2.05) is 25.1 Å². The number of amides is 1. The molecule has 32 heavy (non-hydrogen) atoms. The van der Waals surface area contributed by atoms with Gasteiger partial charge in [-0.25, -0.2) is 8.42 Å². The summed E-state index contributed by atoms with van der Waals surface area (Å²) in [5.74, 6) is 0.228. The second kappa shape index (κ2) is 10.3. The van der Waals surface area contributed by atoms with Crippen LogP contribution in [-0.2, 0) is 16.4 Å². The molecule has 0 fully saturated rings. The third-order valence-corrected chi connectivity index (χ3v) is 7.07. The fourth-order valence-corrected chi connectivity index (χ4v) is 4.57. The van der Waals surface area contributed by atoms with Gasteiger partial charge in [0.1, 0.15) is 5.75 Å². The quantitative estimate of drug-likeness (QED) is 0.526. The summed E-state index contributed by atoms with van der Waals surface area (Å²) in [4.78, 5) is 12.7. The molecule has 168 valence electrons. The van der Waals surface area contributed by atoms with Gasteiger partial charge >= 0.3 is 0 Å². The van der Waals surface area contributed by atoms with Gasteiger partial charge in [-0.3, -0.25) is 9.10 Å². The lowest BCUT2D eigenvalue weighted by atomic mass is 10.1. The van der Waals surface area contributed by atoms with Crippen molar-refractivity contribution in [1.29, 1.82) is 0 Å². The monoisotopic (exact) mass is 452 g/mol. The van der Waals surface area contributed by atoms with E-state index in [9.17, 15) is 13.2 Å². The Labute approximate surface area is 189 Å². The Morgan fingerprint density at radius 3 is 2.25 bits per heavy atom. The standard InChI is InChI=1S/C25H28N2O4S/c1-19(13-14-20-9-5-4-6-10-20)26-25(28)21-15-17-22(18-16-21)32(29,30)27(2)23-11-7-8-12-24(23)31-3/h4-12,15-19H,13-14H2,1-3H3,(H,26,28)/t19-/m0/s1. The van der Waals surface area contributed by atoms with Crippen molar-refractivity contribution in [3.05, 3.63) is 90.0 Å². The molecule has 3 aromatic rings. The fraction of sp³-hybridized carbons (Fsp3) is 0.240. The van der Waals surface area contributed by atoms with Gasteiger partial charge < -0.3 is 10.1 Å². The summed E-state index contributed by atoms with van der Waals surface area (Å²) in [5, 5.41) is 2.97. The molecular formula is C25H28N2O4S. The van der Waals surface area contributed by atoms with Crippen LogP contribution in [0.2, 0.25) is 0 Å². The van der Waals surface area contributed by atoms with Crippen LogP contribution in [0, 0.1) is 0 Å². The topological polar surface area (TPSA) is 75.7 Å². The number of methoxy groups -OCH3 is 1. The summed E-state index contributed by atoms with van der Waals surface area (Å²) in [6, 6.07) is 23.0. The number of para-hydroxylation sites is 2. The summed E-state index contributed by atoms with van der Waals surface area (Å²) in [6.45, 7) is 1.96. The third kappa shape index (κ3) is 5.48. The van der Waals surface area contributed by atoms with Gasteiger partial charge in [-0.1, -0.05) is 42.5 Å². The molecule has 0 radical (unpaired) electrons. The highest BCUT2D eigenvalue weighted by molar-refractivity contribution is 7.92. The van der Waals surface area contributed by atoms with Crippen molar-refractivity contribution in [2.24, 2.45) is 0 Å². The van der Waals surface area contributed by atoms with Crippen LogP contribution in [0.15, 0.2) is 83.8 Å². The molecular weight excluding hydrogens is 424 g/mol. The van der Waals surface area contributed by atoms with E-state index in [1.54, 1.807) is 24.3 Å². The number of benzene rings is 3. The Balaban J connectivity index is 1.66. The maximum atomic E-state index is 13.0. The Morgan fingerprint density at radius 2 is 1.59 bits per heavy atom. The van der Waals surface area contributed by atoms with Crippen LogP contribution in [0.4, 0.5) is 5.69 Å². The zero-order chi connectivity index (χ0) is 23.1. The van der Waals surface area contributed by atoms with Crippen molar-refractivity contribution in [2.75, 3.05) is 18.5 Å². The maximum absolute atomic E-state index is 13.0. The molecule has 0 aliphatic rings. The average molecular weight is 453 g/mol. The van der Waals surface area contributed by atoms with Crippen molar-refractivity contribution < 1.29 is 17.9 Å². The number of nitrogens with one attached hydrogen (secondary N) is 1. The van der Waals surface area contributed by atoms with E-state index < -0.39 is 10.0 Å². The molecule has 1 atom stereocenters. The van der Waals surface area contributed by atoms with Crippen LogP contribution in [0.5, 0.6) is 5.75 Å². The predicted octanol–water partition coefficient (Wildman–Crippen LogP) is 4.27. The second-order valence-corrected chi connectivity index (χ2v) is 9.54. The average Bonchev–Trinajstić information content (AvgIpc) is 2.83. The summed E-state index contributed by atoms with van der Waals surface area (Å²) in [6.07, 6.45) is 1.68. The first kappa shape index (κ1) is 23.3. The van der Waals surface area contributed by atoms with Gasteiger partial charge in [-0.05, 0) is 61.7 Å². The van der Waals surface area contributed by atoms with Crippen LogP contribution in [-0.4, -0.2) is 34.5 Å². The van der Waals surface area contributed by atoms with Gasteiger partial charge in [0.2, 0.25) is 0 Å². The summed E-state index contributed by atoms with van der Waals surface area (Å²) < 4.78 is 32.5. The molecule has 0 saturated carbocycles. The Bertz CT molecular complexity index is 1150. The van der Waals surface area contributed by atoms with Crippen molar-refractivity contribution >= 4 is 21.6 Å². The molecule has 3 rings (SSSR count). The molecule has 6 nitrogen and oxygen atoms in total. The van der Waals surface area contributed by atoms with Crippen LogP contribution in [0.25, 0.3) is 0 Å². The minimum Gasteiger partial charge on any atom is -0.495 e. The molecule has 3 aromatic carbocycles. The Kier molecular flexibility index (Phi) is 7.53. The first-order chi connectivity index (χ1) is 15.3. The van der Waals surface area contributed by atoms with Crippen LogP contribution in [0.1, 0.15) is 29.3 Å². The minimum absolute atomic E-state index is 0.0113. The van der Waals surface area contributed by atoms with Gasteiger partial charge in [0.05, 0.1) is 17.7 Å². The number of ether oxygens (including phenoxy) is 1. The normalized spacial score (nSPS) is 12.1. The van der Waals surface area contributed by atoms with Crippen molar-refractivity contribution in [1.82, 2.24) is 5.32 Å². The van der Waals surface area contributed by atoms with E-state index in [1.165, 1.54) is 48.3 Å². The molecule has 0 aliphatic carbocycles. The lowest BCUT2D eigenvalue weighted by molar-refractivity contribution is 0.0938. The van der Waals surface area contributed by atoms with E-state index in [-0.39, 0.29) is 16.8 Å². The molecule has 0 bridgehead atoms. The summed E-state index contributed by atoms with van der Waals surface area (Å²) in [7, 11) is -0.840. The number of carbonyl (C=O) groups excluding carboxylic acids is 1. The number of anilines is 1. The third-order valence-electron chi connectivity index (χ3n) is 5.29. The van der Waals surface area contributed by atoms with Crippen molar-refractivity contribution in [3.8, 4) is 5.75 Å². The van der Waals surface area contributed by atoms with Gasteiger partial charge in [-0.2, -0.15) is 0 Å². The molecule has 0 unspecified atom stereocenters. The number of carbonyl (C=O) groups is 1. The van der Waals surface area contributed by atoms with E-state index in [4.69, 9.17) is 4.74 Å². The predicted molar refractivity (Wildman–Crippen MR) is 127 cm³/mol. The zero-order valence-electron chi connectivity index (χ0n) is 18.5. The molecule has 0 aliphatic heterocycles. The number of hydrogen-bond donors (Lipinski definition) is 1. The lowest BCUT2D eigenvalue weighted by Crippen LogP contribution is -2.33. The van der Waals surface area contributed by atoms with Crippen LogP contribution in [0.3, 0.4) is 0 Å². The van der Waals surface area contributed by atoms with E-state index in [0.717, 1.165) is 12.8 Å². The first-order valence-corrected chi connectivity index (χ1v) is 11.8. The molecule has 0 heterocycles. The Morgan fingerprint density at radius 1 is 0.969 bits per heavy atom. The number of nitrogens with zero attached hydrogens (tertiary/aromatic N) is 1.